The molecule has 1 heterocycles. The number of sulfonamides is 1. The quantitative estimate of drug-likeness (QED) is 0.519. The third-order valence-electron chi connectivity index (χ3n) is 5.57. The summed E-state index contributed by atoms with van der Waals surface area (Å²) in [5, 5.41) is 13.8. The number of hydrogen-bond donors (Lipinski definition) is 1. The SMILES string of the molecule is Cc1c(C(=O)NCCc2ccc(S(=O)(=O)N3CCCCCC3)cc2)cccc1[N+](=O)[O-]. The van der Waals surface area contributed by atoms with E-state index in [-0.39, 0.29) is 22.1 Å². The van der Waals surface area contributed by atoms with E-state index in [9.17, 15) is 23.3 Å². The molecule has 0 aliphatic carbocycles. The van der Waals surface area contributed by atoms with Crippen LogP contribution >= 0.6 is 0 Å². The first-order valence-corrected chi connectivity index (χ1v) is 11.9. The molecule has 2 aromatic carbocycles. The Hall–Kier alpha value is -2.78. The number of carbonyl (C=O) groups excluding carboxylic acids is 1. The first kappa shape index (κ1) is 22.9. The van der Waals surface area contributed by atoms with Gasteiger partial charge in [-0.15, -0.1) is 0 Å². The molecule has 0 radical (unpaired) electrons. The zero-order valence-corrected chi connectivity index (χ0v) is 18.4. The molecule has 1 amide bonds. The van der Waals surface area contributed by atoms with Crippen LogP contribution in [0, 0.1) is 17.0 Å². The molecule has 2 aromatic rings. The predicted octanol–water partition coefficient (Wildman–Crippen LogP) is 3.44. The maximum atomic E-state index is 12.8. The number of nitro groups is 1. The molecule has 1 N–H and O–H groups in total. The van der Waals surface area contributed by atoms with Crippen LogP contribution < -0.4 is 5.32 Å². The molecular weight excluding hydrogens is 418 g/mol. The highest BCUT2D eigenvalue weighted by Crippen LogP contribution is 2.22. The number of amides is 1. The van der Waals surface area contributed by atoms with E-state index in [0.29, 0.717) is 31.6 Å². The maximum Gasteiger partial charge on any atom is 0.273 e. The summed E-state index contributed by atoms with van der Waals surface area (Å²) in [4.78, 5) is 23.2. The number of nitrogens with one attached hydrogen (secondary N) is 1. The largest absolute Gasteiger partial charge is 0.352 e. The average Bonchev–Trinajstić information content (AvgIpc) is 3.04. The highest BCUT2D eigenvalue weighted by atomic mass is 32.2. The first-order chi connectivity index (χ1) is 14.8. The van der Waals surface area contributed by atoms with Crippen molar-refractivity contribution in [3.05, 3.63) is 69.3 Å². The van der Waals surface area contributed by atoms with E-state index in [1.807, 2.05) is 0 Å². The van der Waals surface area contributed by atoms with Gasteiger partial charge in [0.25, 0.3) is 11.6 Å². The number of nitro benzene ring substituents is 1. The fraction of sp³-hybridized carbons (Fsp3) is 0.409. The minimum Gasteiger partial charge on any atom is -0.352 e. The topological polar surface area (TPSA) is 110 Å². The van der Waals surface area contributed by atoms with Crippen molar-refractivity contribution in [1.29, 1.82) is 0 Å². The van der Waals surface area contributed by atoms with Gasteiger partial charge in [0.05, 0.1) is 9.82 Å². The van der Waals surface area contributed by atoms with Gasteiger partial charge in [0.1, 0.15) is 0 Å². The van der Waals surface area contributed by atoms with E-state index in [1.54, 1.807) is 41.6 Å². The third kappa shape index (κ3) is 5.48. The zero-order valence-electron chi connectivity index (χ0n) is 17.5. The van der Waals surface area contributed by atoms with Crippen molar-refractivity contribution in [2.75, 3.05) is 19.6 Å². The van der Waals surface area contributed by atoms with E-state index >= 15 is 0 Å². The molecule has 1 saturated heterocycles. The highest BCUT2D eigenvalue weighted by molar-refractivity contribution is 7.89. The Bertz CT molecular complexity index is 1040. The second kappa shape index (κ2) is 10.0. The number of carbonyl (C=O) groups is 1. The molecule has 0 bridgehead atoms. The van der Waals surface area contributed by atoms with Gasteiger partial charge in [-0.1, -0.05) is 31.0 Å². The normalized spacial score (nSPS) is 15.3. The van der Waals surface area contributed by atoms with Gasteiger partial charge in [0.15, 0.2) is 0 Å². The molecular formula is C22H27N3O5S. The van der Waals surface area contributed by atoms with Crippen LogP contribution in [0.2, 0.25) is 0 Å². The predicted molar refractivity (Wildman–Crippen MR) is 118 cm³/mol. The van der Waals surface area contributed by atoms with Gasteiger partial charge in [-0.25, -0.2) is 8.42 Å². The van der Waals surface area contributed by atoms with Crippen LogP contribution in [0.3, 0.4) is 0 Å². The molecule has 0 atom stereocenters. The maximum absolute atomic E-state index is 12.8. The smallest absolute Gasteiger partial charge is 0.273 e. The molecule has 31 heavy (non-hydrogen) atoms. The van der Waals surface area contributed by atoms with E-state index in [4.69, 9.17) is 0 Å². The van der Waals surface area contributed by atoms with Crippen LogP contribution in [0.5, 0.6) is 0 Å². The molecule has 9 heteroatoms. The average molecular weight is 446 g/mol. The Balaban J connectivity index is 1.59. The minimum atomic E-state index is -3.48. The third-order valence-corrected chi connectivity index (χ3v) is 7.48. The summed E-state index contributed by atoms with van der Waals surface area (Å²) in [6.45, 7) is 3.01. The summed E-state index contributed by atoms with van der Waals surface area (Å²) in [7, 11) is -3.48. The molecule has 0 spiro atoms. The van der Waals surface area contributed by atoms with E-state index in [0.717, 1.165) is 31.2 Å². The molecule has 166 valence electrons. The van der Waals surface area contributed by atoms with Crippen LogP contribution in [0.25, 0.3) is 0 Å². The van der Waals surface area contributed by atoms with Crippen LogP contribution in [0.1, 0.15) is 47.2 Å². The summed E-state index contributed by atoms with van der Waals surface area (Å²) in [6.07, 6.45) is 4.42. The number of benzene rings is 2. The molecule has 1 aliphatic rings. The van der Waals surface area contributed by atoms with Crippen molar-refractivity contribution >= 4 is 21.6 Å². The van der Waals surface area contributed by atoms with Crippen molar-refractivity contribution in [3.63, 3.8) is 0 Å². The van der Waals surface area contributed by atoms with Gasteiger partial charge >= 0.3 is 0 Å². The molecule has 1 fully saturated rings. The van der Waals surface area contributed by atoms with Gasteiger partial charge < -0.3 is 5.32 Å². The fourth-order valence-corrected chi connectivity index (χ4v) is 5.26. The van der Waals surface area contributed by atoms with Crippen molar-refractivity contribution in [1.82, 2.24) is 9.62 Å². The molecule has 3 rings (SSSR count). The highest BCUT2D eigenvalue weighted by Gasteiger charge is 2.25. The summed E-state index contributed by atoms with van der Waals surface area (Å²) in [6, 6.07) is 11.2. The van der Waals surface area contributed by atoms with Crippen LogP contribution in [0.4, 0.5) is 5.69 Å². The van der Waals surface area contributed by atoms with Gasteiger partial charge in [-0.2, -0.15) is 4.31 Å². The van der Waals surface area contributed by atoms with E-state index in [1.165, 1.54) is 12.1 Å². The monoisotopic (exact) mass is 445 g/mol. The Morgan fingerprint density at radius 1 is 1.06 bits per heavy atom. The first-order valence-electron chi connectivity index (χ1n) is 10.4. The van der Waals surface area contributed by atoms with Gasteiger partial charge in [-0.05, 0) is 49.9 Å². The minimum absolute atomic E-state index is 0.0890. The lowest BCUT2D eigenvalue weighted by Gasteiger charge is -2.20. The molecule has 8 nitrogen and oxygen atoms in total. The summed E-state index contributed by atoms with van der Waals surface area (Å²) >= 11 is 0. The van der Waals surface area contributed by atoms with E-state index < -0.39 is 14.9 Å². The van der Waals surface area contributed by atoms with Crippen molar-refractivity contribution < 1.29 is 18.1 Å². The van der Waals surface area contributed by atoms with Gasteiger partial charge in [-0.3, -0.25) is 14.9 Å². The lowest BCUT2D eigenvalue weighted by molar-refractivity contribution is -0.385. The number of hydrogen-bond acceptors (Lipinski definition) is 5. The van der Waals surface area contributed by atoms with Crippen molar-refractivity contribution in [2.45, 2.75) is 43.9 Å². The number of rotatable bonds is 7. The Kier molecular flexibility index (Phi) is 7.40. The van der Waals surface area contributed by atoms with Crippen molar-refractivity contribution in [2.24, 2.45) is 0 Å². The van der Waals surface area contributed by atoms with Crippen LogP contribution in [-0.2, 0) is 16.4 Å². The lowest BCUT2D eigenvalue weighted by Crippen LogP contribution is -2.31. The second-order valence-electron chi connectivity index (χ2n) is 7.67. The Morgan fingerprint density at radius 2 is 1.71 bits per heavy atom. The fourth-order valence-electron chi connectivity index (χ4n) is 3.74. The lowest BCUT2D eigenvalue weighted by atomic mass is 10.1. The molecule has 0 aromatic heterocycles. The van der Waals surface area contributed by atoms with Gasteiger partial charge in [0, 0.05) is 36.8 Å². The molecule has 0 unspecified atom stereocenters. The van der Waals surface area contributed by atoms with Gasteiger partial charge in [0.2, 0.25) is 10.0 Å². The molecule has 1 aliphatic heterocycles. The van der Waals surface area contributed by atoms with Crippen LogP contribution in [-0.4, -0.2) is 43.2 Å². The van der Waals surface area contributed by atoms with Crippen LogP contribution in [0.15, 0.2) is 47.4 Å². The van der Waals surface area contributed by atoms with Crippen molar-refractivity contribution in [3.8, 4) is 0 Å². The Morgan fingerprint density at radius 3 is 2.32 bits per heavy atom. The standard InChI is InChI=1S/C22H27N3O5S/c1-17-20(7-6-8-21(17)25(27)28)22(26)23-14-13-18-9-11-19(12-10-18)31(29,30)24-15-4-2-3-5-16-24/h6-12H,2-5,13-16H2,1H3,(H,23,26). The second-order valence-corrected chi connectivity index (χ2v) is 9.61. The Labute approximate surface area is 182 Å². The summed E-state index contributed by atoms with van der Waals surface area (Å²) in [5.74, 6) is -0.374. The summed E-state index contributed by atoms with van der Waals surface area (Å²) < 4.78 is 27.2. The van der Waals surface area contributed by atoms with E-state index in [2.05, 4.69) is 5.32 Å². The summed E-state index contributed by atoms with van der Waals surface area (Å²) in [5.41, 5.74) is 1.40. The zero-order chi connectivity index (χ0) is 22.4. The number of nitrogens with zero attached hydrogens (tertiary/aromatic N) is 2. The molecule has 0 saturated carbocycles.